The van der Waals surface area contributed by atoms with Crippen LogP contribution in [0.15, 0.2) is 18.2 Å². The van der Waals surface area contributed by atoms with E-state index in [0.717, 1.165) is 35.3 Å². The Morgan fingerprint density at radius 2 is 2.00 bits per heavy atom. The monoisotopic (exact) mass is 263 g/mol. The molecule has 98 valence electrons. The average molecular weight is 264 g/mol. The first kappa shape index (κ1) is 12.5. The lowest BCUT2D eigenvalue weighted by Gasteiger charge is -2.39. The van der Waals surface area contributed by atoms with E-state index < -0.39 is 0 Å². The van der Waals surface area contributed by atoms with Gasteiger partial charge in [-0.25, -0.2) is 0 Å². The Labute approximate surface area is 115 Å². The Morgan fingerprint density at radius 3 is 2.67 bits per heavy atom. The fourth-order valence-electron chi connectivity index (χ4n) is 3.49. The van der Waals surface area contributed by atoms with Crippen molar-refractivity contribution < 1.29 is 0 Å². The molecule has 0 radical (unpaired) electrons. The molecule has 0 bridgehead atoms. The number of rotatable bonds is 2. The molecular weight excluding hydrogens is 242 g/mol. The van der Waals surface area contributed by atoms with Crippen LogP contribution in [-0.4, -0.2) is 0 Å². The summed E-state index contributed by atoms with van der Waals surface area (Å²) >= 11 is 6.25. The van der Waals surface area contributed by atoms with Crippen molar-refractivity contribution in [3.05, 3.63) is 34.3 Å². The van der Waals surface area contributed by atoms with E-state index in [2.05, 4.69) is 18.2 Å². The van der Waals surface area contributed by atoms with E-state index in [9.17, 15) is 0 Å². The minimum atomic E-state index is -0.136. The van der Waals surface area contributed by atoms with Crippen LogP contribution in [0.4, 0.5) is 0 Å². The zero-order valence-corrected chi connectivity index (χ0v) is 11.8. The molecule has 1 aromatic rings. The predicted molar refractivity (Wildman–Crippen MR) is 76.7 cm³/mol. The van der Waals surface area contributed by atoms with Crippen molar-refractivity contribution in [3.8, 4) is 0 Å². The second-order valence-corrected chi connectivity index (χ2v) is 6.72. The summed E-state index contributed by atoms with van der Waals surface area (Å²) in [4.78, 5) is 0. The van der Waals surface area contributed by atoms with Gasteiger partial charge in [-0.2, -0.15) is 0 Å². The van der Waals surface area contributed by atoms with Gasteiger partial charge in [0.25, 0.3) is 0 Å². The zero-order valence-electron chi connectivity index (χ0n) is 11.1. The molecule has 2 atom stereocenters. The highest BCUT2D eigenvalue weighted by atomic mass is 35.5. The summed E-state index contributed by atoms with van der Waals surface area (Å²) in [6.45, 7) is 2.04. The summed E-state index contributed by atoms with van der Waals surface area (Å²) in [6, 6.07) is 6.37. The topological polar surface area (TPSA) is 26.0 Å². The molecule has 0 amide bonds. The van der Waals surface area contributed by atoms with E-state index in [1.165, 1.54) is 31.2 Å². The normalized spacial score (nSPS) is 32.5. The van der Waals surface area contributed by atoms with E-state index >= 15 is 0 Å². The first-order chi connectivity index (χ1) is 8.58. The Morgan fingerprint density at radius 1 is 1.22 bits per heavy atom. The molecular formula is C16H22ClN. The van der Waals surface area contributed by atoms with Gasteiger partial charge in [-0.15, -0.1) is 0 Å². The van der Waals surface area contributed by atoms with Gasteiger partial charge in [0.15, 0.2) is 0 Å². The zero-order chi connectivity index (χ0) is 12.8. The van der Waals surface area contributed by atoms with Gasteiger partial charge in [0.05, 0.1) is 0 Å². The van der Waals surface area contributed by atoms with Crippen molar-refractivity contribution >= 4 is 11.6 Å². The molecule has 0 saturated heterocycles. The van der Waals surface area contributed by atoms with Crippen molar-refractivity contribution in [1.82, 2.24) is 0 Å². The fraction of sp³-hybridized carbons (Fsp3) is 0.625. The Bertz CT molecular complexity index is 452. The van der Waals surface area contributed by atoms with Crippen LogP contribution in [-0.2, 0) is 5.54 Å². The third-order valence-electron chi connectivity index (χ3n) is 4.86. The van der Waals surface area contributed by atoms with Gasteiger partial charge in [-0.3, -0.25) is 0 Å². The quantitative estimate of drug-likeness (QED) is 0.841. The molecule has 0 spiro atoms. The molecule has 18 heavy (non-hydrogen) atoms. The third-order valence-corrected chi connectivity index (χ3v) is 5.27. The SMILES string of the molecule is Cc1ccc(C2(N)CCCC(C3CC3)C2)cc1Cl. The van der Waals surface area contributed by atoms with Gasteiger partial charge in [-0.1, -0.05) is 36.6 Å². The molecule has 2 aliphatic carbocycles. The van der Waals surface area contributed by atoms with Crippen molar-refractivity contribution in [2.75, 3.05) is 0 Å². The predicted octanol–water partition coefficient (Wildman–Crippen LogP) is 4.40. The third kappa shape index (κ3) is 2.31. The molecule has 0 aromatic heterocycles. The van der Waals surface area contributed by atoms with Crippen LogP contribution in [0.5, 0.6) is 0 Å². The van der Waals surface area contributed by atoms with Crippen LogP contribution < -0.4 is 5.73 Å². The van der Waals surface area contributed by atoms with E-state index in [1.54, 1.807) is 0 Å². The summed E-state index contributed by atoms with van der Waals surface area (Å²) in [6.07, 6.45) is 7.75. The number of hydrogen-bond donors (Lipinski definition) is 1. The van der Waals surface area contributed by atoms with Crippen LogP contribution in [0.2, 0.25) is 5.02 Å². The molecule has 2 aliphatic rings. The number of aryl methyl sites for hydroxylation is 1. The number of hydrogen-bond acceptors (Lipinski definition) is 1. The van der Waals surface area contributed by atoms with Crippen LogP contribution >= 0.6 is 11.6 Å². The summed E-state index contributed by atoms with van der Waals surface area (Å²) in [5, 5.41) is 0.853. The highest BCUT2D eigenvalue weighted by molar-refractivity contribution is 6.31. The fourth-order valence-corrected chi connectivity index (χ4v) is 3.67. The molecule has 2 heteroatoms. The number of nitrogens with two attached hydrogens (primary N) is 1. The molecule has 0 aliphatic heterocycles. The highest BCUT2D eigenvalue weighted by Gasteiger charge is 2.40. The smallest absolute Gasteiger partial charge is 0.0438 e. The van der Waals surface area contributed by atoms with E-state index in [4.69, 9.17) is 17.3 Å². The standard InChI is InChI=1S/C16H22ClN/c1-11-4-7-14(9-15(11)17)16(18)8-2-3-13(10-16)12-5-6-12/h4,7,9,12-13H,2-3,5-6,8,10,18H2,1H3. The summed E-state index contributed by atoms with van der Waals surface area (Å²) in [5.41, 5.74) is 8.94. The van der Waals surface area contributed by atoms with Gasteiger partial charge in [-0.05, 0) is 61.6 Å². The van der Waals surface area contributed by atoms with Gasteiger partial charge in [0.2, 0.25) is 0 Å². The molecule has 2 saturated carbocycles. The first-order valence-corrected chi connectivity index (χ1v) is 7.52. The van der Waals surface area contributed by atoms with Gasteiger partial charge in [0, 0.05) is 10.6 Å². The minimum absolute atomic E-state index is 0.136. The van der Waals surface area contributed by atoms with Crippen molar-refractivity contribution in [3.63, 3.8) is 0 Å². The maximum atomic E-state index is 6.70. The van der Waals surface area contributed by atoms with Crippen molar-refractivity contribution in [2.45, 2.75) is 51.0 Å². The Hall–Kier alpha value is -0.530. The van der Waals surface area contributed by atoms with Gasteiger partial charge in [0.1, 0.15) is 0 Å². The van der Waals surface area contributed by atoms with Crippen LogP contribution in [0.3, 0.4) is 0 Å². The molecule has 2 fully saturated rings. The van der Waals surface area contributed by atoms with Gasteiger partial charge >= 0.3 is 0 Å². The molecule has 2 N–H and O–H groups in total. The summed E-state index contributed by atoms with van der Waals surface area (Å²) in [5.74, 6) is 1.82. The van der Waals surface area contributed by atoms with Gasteiger partial charge < -0.3 is 5.73 Å². The second kappa shape index (κ2) is 4.54. The number of halogens is 1. The molecule has 2 unspecified atom stereocenters. The summed E-state index contributed by atoms with van der Waals surface area (Å²) < 4.78 is 0. The molecule has 1 aromatic carbocycles. The minimum Gasteiger partial charge on any atom is -0.321 e. The second-order valence-electron chi connectivity index (χ2n) is 6.31. The molecule has 0 heterocycles. The van der Waals surface area contributed by atoms with Crippen molar-refractivity contribution in [2.24, 2.45) is 17.6 Å². The molecule has 1 nitrogen and oxygen atoms in total. The first-order valence-electron chi connectivity index (χ1n) is 7.14. The van der Waals surface area contributed by atoms with E-state index in [1.807, 2.05) is 6.92 Å². The lowest BCUT2D eigenvalue weighted by atomic mass is 9.71. The lowest BCUT2D eigenvalue weighted by molar-refractivity contribution is 0.206. The van der Waals surface area contributed by atoms with Crippen molar-refractivity contribution in [1.29, 1.82) is 0 Å². The Balaban J connectivity index is 1.85. The van der Waals surface area contributed by atoms with Crippen LogP contribution in [0, 0.1) is 18.8 Å². The summed E-state index contributed by atoms with van der Waals surface area (Å²) in [7, 11) is 0. The highest BCUT2D eigenvalue weighted by Crippen LogP contribution is 2.48. The van der Waals surface area contributed by atoms with Crippen LogP contribution in [0.1, 0.15) is 49.7 Å². The molecule has 3 rings (SSSR count). The Kier molecular flexibility index (Phi) is 3.15. The largest absolute Gasteiger partial charge is 0.321 e. The van der Waals surface area contributed by atoms with Crippen LogP contribution in [0.25, 0.3) is 0 Å². The maximum absolute atomic E-state index is 6.70. The lowest BCUT2D eigenvalue weighted by Crippen LogP contribution is -2.42. The number of benzene rings is 1. The van der Waals surface area contributed by atoms with E-state index in [-0.39, 0.29) is 5.54 Å². The maximum Gasteiger partial charge on any atom is 0.0438 e. The van der Waals surface area contributed by atoms with E-state index in [0.29, 0.717) is 0 Å². The average Bonchev–Trinajstić information content (AvgIpc) is 3.17.